The minimum Gasteiger partial charge on any atom is -0.360 e. The molecule has 6 nitrogen and oxygen atoms in total. The molecule has 136 valence electrons. The van der Waals surface area contributed by atoms with Crippen LogP contribution in [0.4, 0.5) is 10.5 Å². The zero-order valence-electron chi connectivity index (χ0n) is 14.4. The summed E-state index contributed by atoms with van der Waals surface area (Å²) < 4.78 is 0. The number of rotatable bonds is 4. The first-order valence-electron chi connectivity index (χ1n) is 9.04. The van der Waals surface area contributed by atoms with Gasteiger partial charge in [0.05, 0.1) is 26.2 Å². The maximum atomic E-state index is 12.1. The van der Waals surface area contributed by atoms with Crippen LogP contribution in [0.15, 0.2) is 24.3 Å². The minimum atomic E-state index is -0.353. The van der Waals surface area contributed by atoms with E-state index in [-0.39, 0.29) is 18.0 Å². The summed E-state index contributed by atoms with van der Waals surface area (Å²) in [5, 5.41) is 6.08. The molecule has 0 atom stereocenters. The number of anilines is 1. The van der Waals surface area contributed by atoms with Crippen molar-refractivity contribution in [3.63, 3.8) is 0 Å². The van der Waals surface area contributed by atoms with E-state index in [1.54, 1.807) is 0 Å². The van der Waals surface area contributed by atoms with Crippen LogP contribution in [0.1, 0.15) is 25.7 Å². The van der Waals surface area contributed by atoms with Gasteiger partial charge in [0.25, 0.3) is 5.91 Å². The highest BCUT2D eigenvalue weighted by molar-refractivity contribution is 6.30. The lowest BCUT2D eigenvalue weighted by Gasteiger charge is -2.33. The summed E-state index contributed by atoms with van der Waals surface area (Å²) in [6, 6.07) is 7.71. The molecular formula is C18H26ClN4O2+. The number of hydrogen-bond acceptors (Lipinski definition) is 3. The van der Waals surface area contributed by atoms with Gasteiger partial charge in [-0.1, -0.05) is 30.5 Å². The van der Waals surface area contributed by atoms with Crippen molar-refractivity contribution in [2.45, 2.75) is 31.7 Å². The van der Waals surface area contributed by atoms with Gasteiger partial charge in [0.1, 0.15) is 0 Å². The van der Waals surface area contributed by atoms with Crippen LogP contribution in [0.5, 0.6) is 0 Å². The summed E-state index contributed by atoms with van der Waals surface area (Å²) in [6.07, 6.45) is 4.33. The van der Waals surface area contributed by atoms with Crippen molar-refractivity contribution in [2.75, 3.05) is 37.6 Å². The number of carbonyl (C=O) groups excluding carboxylic acids is 2. The molecule has 3 amide bonds. The summed E-state index contributed by atoms with van der Waals surface area (Å²) in [5.74, 6) is -0.207. The van der Waals surface area contributed by atoms with Crippen molar-refractivity contribution in [1.82, 2.24) is 10.6 Å². The highest BCUT2D eigenvalue weighted by Crippen LogP contribution is 2.19. The van der Waals surface area contributed by atoms with E-state index in [1.807, 2.05) is 18.2 Å². The Kier molecular flexibility index (Phi) is 6.15. The molecule has 25 heavy (non-hydrogen) atoms. The Hall–Kier alpha value is -1.79. The lowest BCUT2D eigenvalue weighted by atomic mass is 10.2. The lowest BCUT2D eigenvalue weighted by Crippen LogP contribution is -3.16. The normalized spacial score (nSPS) is 19.0. The maximum Gasteiger partial charge on any atom is 0.321 e. The Labute approximate surface area is 153 Å². The first kappa shape index (κ1) is 18.0. The SMILES string of the molecule is O=C(C[NH+]1CCN(c2cccc(Cl)c2)CC1)NC(=O)NC1CCCC1. The van der Waals surface area contributed by atoms with Crippen molar-refractivity contribution in [2.24, 2.45) is 0 Å². The van der Waals surface area contributed by atoms with E-state index < -0.39 is 0 Å². The second-order valence-corrected chi connectivity index (χ2v) is 7.33. The fourth-order valence-corrected chi connectivity index (χ4v) is 3.80. The van der Waals surface area contributed by atoms with Gasteiger partial charge < -0.3 is 15.1 Å². The highest BCUT2D eigenvalue weighted by atomic mass is 35.5. The van der Waals surface area contributed by atoms with Crippen molar-refractivity contribution in [3.05, 3.63) is 29.3 Å². The topological polar surface area (TPSA) is 65.9 Å². The average molecular weight is 366 g/mol. The predicted molar refractivity (Wildman–Crippen MR) is 98.2 cm³/mol. The summed E-state index contributed by atoms with van der Waals surface area (Å²) >= 11 is 6.05. The molecule has 3 rings (SSSR count). The summed E-state index contributed by atoms with van der Waals surface area (Å²) in [6.45, 7) is 3.81. The van der Waals surface area contributed by atoms with E-state index in [0.717, 1.165) is 62.6 Å². The molecule has 1 heterocycles. The fourth-order valence-electron chi connectivity index (χ4n) is 3.62. The number of carbonyl (C=O) groups is 2. The molecule has 1 aliphatic carbocycles. The van der Waals surface area contributed by atoms with Crippen LogP contribution in [-0.4, -0.2) is 50.7 Å². The van der Waals surface area contributed by atoms with Gasteiger partial charge in [0.2, 0.25) is 0 Å². The van der Waals surface area contributed by atoms with Gasteiger partial charge in [0.15, 0.2) is 6.54 Å². The number of urea groups is 1. The molecule has 0 radical (unpaired) electrons. The van der Waals surface area contributed by atoms with Crippen LogP contribution in [0.2, 0.25) is 5.02 Å². The maximum absolute atomic E-state index is 12.1. The zero-order chi connectivity index (χ0) is 17.6. The molecule has 2 fully saturated rings. The molecular weight excluding hydrogens is 340 g/mol. The van der Waals surface area contributed by atoms with Gasteiger partial charge in [-0.2, -0.15) is 0 Å². The number of imide groups is 1. The Bertz CT molecular complexity index is 611. The van der Waals surface area contributed by atoms with E-state index in [1.165, 1.54) is 4.90 Å². The van der Waals surface area contributed by atoms with Crippen molar-refractivity contribution >= 4 is 29.2 Å². The molecule has 2 aliphatic rings. The smallest absolute Gasteiger partial charge is 0.321 e. The summed E-state index contributed by atoms with van der Waals surface area (Å²) in [5.41, 5.74) is 1.12. The average Bonchev–Trinajstić information content (AvgIpc) is 3.08. The van der Waals surface area contributed by atoms with E-state index in [0.29, 0.717) is 6.54 Å². The molecule has 1 saturated carbocycles. The monoisotopic (exact) mass is 365 g/mol. The zero-order valence-corrected chi connectivity index (χ0v) is 15.1. The first-order valence-corrected chi connectivity index (χ1v) is 9.42. The molecule has 7 heteroatoms. The van der Waals surface area contributed by atoms with Crippen LogP contribution < -0.4 is 20.4 Å². The Balaban J connectivity index is 1.39. The van der Waals surface area contributed by atoms with Gasteiger partial charge in [-0.15, -0.1) is 0 Å². The molecule has 0 bridgehead atoms. The number of nitrogens with one attached hydrogen (secondary N) is 3. The molecule has 0 spiro atoms. The third-order valence-corrected chi connectivity index (χ3v) is 5.23. The van der Waals surface area contributed by atoms with Crippen LogP contribution in [-0.2, 0) is 4.79 Å². The van der Waals surface area contributed by atoms with E-state index in [2.05, 4.69) is 21.6 Å². The van der Waals surface area contributed by atoms with Gasteiger partial charge in [-0.25, -0.2) is 4.79 Å². The molecule has 1 aromatic rings. The van der Waals surface area contributed by atoms with Crippen LogP contribution in [0, 0.1) is 0 Å². The Morgan fingerprint density at radius 2 is 1.92 bits per heavy atom. The number of amides is 3. The first-order chi connectivity index (χ1) is 12.1. The minimum absolute atomic E-state index is 0.207. The van der Waals surface area contributed by atoms with Gasteiger partial charge in [-0.05, 0) is 31.0 Å². The van der Waals surface area contributed by atoms with Gasteiger partial charge >= 0.3 is 6.03 Å². The predicted octanol–water partition coefficient (Wildman–Crippen LogP) is 0.813. The largest absolute Gasteiger partial charge is 0.360 e. The molecule has 1 aromatic carbocycles. The molecule has 3 N–H and O–H groups in total. The highest BCUT2D eigenvalue weighted by Gasteiger charge is 2.24. The van der Waals surface area contributed by atoms with Crippen molar-refractivity contribution in [3.8, 4) is 0 Å². The number of hydrogen-bond donors (Lipinski definition) is 3. The summed E-state index contributed by atoms with van der Waals surface area (Å²) in [4.78, 5) is 27.4. The number of halogens is 1. The molecule has 1 aliphatic heterocycles. The second-order valence-electron chi connectivity index (χ2n) is 6.90. The van der Waals surface area contributed by atoms with E-state index >= 15 is 0 Å². The van der Waals surface area contributed by atoms with Crippen LogP contribution in [0.25, 0.3) is 0 Å². The van der Waals surface area contributed by atoms with Crippen LogP contribution >= 0.6 is 11.6 Å². The third kappa shape index (κ3) is 5.34. The standard InChI is InChI=1S/C18H25ClN4O2/c19-14-4-3-7-16(12-14)23-10-8-22(9-11-23)13-17(24)21-18(25)20-15-5-1-2-6-15/h3-4,7,12,15H,1-2,5-6,8-11,13H2,(H2,20,21,24,25)/p+1. The summed E-state index contributed by atoms with van der Waals surface area (Å²) in [7, 11) is 0. The van der Waals surface area contributed by atoms with E-state index in [4.69, 9.17) is 11.6 Å². The van der Waals surface area contributed by atoms with E-state index in [9.17, 15) is 9.59 Å². The van der Waals surface area contributed by atoms with Gasteiger partial charge in [0, 0.05) is 16.8 Å². The van der Waals surface area contributed by atoms with Crippen LogP contribution in [0.3, 0.4) is 0 Å². The second kappa shape index (κ2) is 8.54. The fraction of sp³-hybridized carbons (Fsp3) is 0.556. The molecule has 0 aromatic heterocycles. The number of nitrogens with zero attached hydrogens (tertiary/aromatic N) is 1. The quantitative estimate of drug-likeness (QED) is 0.740. The molecule has 0 unspecified atom stereocenters. The Morgan fingerprint density at radius 3 is 2.60 bits per heavy atom. The Morgan fingerprint density at radius 1 is 1.20 bits per heavy atom. The number of quaternary nitrogens is 1. The van der Waals surface area contributed by atoms with Crippen molar-refractivity contribution in [1.29, 1.82) is 0 Å². The van der Waals surface area contributed by atoms with Gasteiger partial charge in [-0.3, -0.25) is 10.1 Å². The lowest BCUT2D eigenvalue weighted by molar-refractivity contribution is -0.892. The van der Waals surface area contributed by atoms with Crippen molar-refractivity contribution < 1.29 is 14.5 Å². The number of piperazine rings is 1. The molecule has 1 saturated heterocycles. The number of benzene rings is 1. The third-order valence-electron chi connectivity index (χ3n) is 5.00.